The number of hydrogen-bond acceptors (Lipinski definition) is 3. The van der Waals surface area contributed by atoms with Crippen LogP contribution in [0.5, 0.6) is 0 Å². The predicted octanol–water partition coefficient (Wildman–Crippen LogP) is 3.00. The smallest absolute Gasteiger partial charge is 0.0864 e. The Morgan fingerprint density at radius 1 is 1.33 bits per heavy atom. The lowest BCUT2D eigenvalue weighted by Gasteiger charge is -2.20. The molecule has 0 unspecified atom stereocenters. The zero-order valence-electron chi connectivity index (χ0n) is 12.8. The molecule has 2 heterocycles. The molecular weight excluding hydrogens is 262 g/mol. The molecule has 0 saturated heterocycles. The summed E-state index contributed by atoms with van der Waals surface area (Å²) in [5.41, 5.74) is 3.32. The van der Waals surface area contributed by atoms with E-state index in [9.17, 15) is 0 Å². The topological polar surface area (TPSA) is 37.7 Å². The van der Waals surface area contributed by atoms with Crippen LogP contribution in [0.2, 0.25) is 0 Å². The average molecular weight is 283 g/mol. The van der Waals surface area contributed by atoms with Crippen molar-refractivity contribution in [3.8, 4) is 0 Å². The predicted molar refractivity (Wildman–Crippen MR) is 85.4 cm³/mol. The molecular formula is C17H21N3O. The van der Waals surface area contributed by atoms with Crippen molar-refractivity contribution in [3.63, 3.8) is 0 Å². The number of benzene rings is 1. The SMILES string of the molecule is COCC(C)(C)N=CN1Cc2cc3ccccc3nc2C1. The van der Waals surface area contributed by atoms with E-state index in [1.54, 1.807) is 7.11 Å². The molecule has 0 radical (unpaired) electrons. The van der Waals surface area contributed by atoms with Gasteiger partial charge in [-0.1, -0.05) is 18.2 Å². The zero-order valence-corrected chi connectivity index (χ0v) is 12.8. The Morgan fingerprint density at radius 2 is 2.14 bits per heavy atom. The Morgan fingerprint density at radius 3 is 2.95 bits per heavy atom. The van der Waals surface area contributed by atoms with Gasteiger partial charge >= 0.3 is 0 Å². The number of aliphatic imine (C=N–C) groups is 1. The van der Waals surface area contributed by atoms with Gasteiger partial charge in [0.05, 0.1) is 36.2 Å². The maximum atomic E-state index is 5.19. The monoisotopic (exact) mass is 283 g/mol. The van der Waals surface area contributed by atoms with Gasteiger partial charge in [0, 0.05) is 19.0 Å². The van der Waals surface area contributed by atoms with Crippen LogP contribution in [0.4, 0.5) is 0 Å². The molecule has 21 heavy (non-hydrogen) atoms. The van der Waals surface area contributed by atoms with E-state index in [-0.39, 0.29) is 5.54 Å². The number of aromatic nitrogens is 1. The lowest BCUT2D eigenvalue weighted by molar-refractivity contribution is 0.150. The first-order valence-electron chi connectivity index (χ1n) is 7.23. The van der Waals surface area contributed by atoms with Gasteiger partial charge in [-0.25, -0.2) is 0 Å². The highest BCUT2D eigenvalue weighted by Crippen LogP contribution is 2.24. The first-order chi connectivity index (χ1) is 10.1. The lowest BCUT2D eigenvalue weighted by Crippen LogP contribution is -2.26. The summed E-state index contributed by atoms with van der Waals surface area (Å²) in [4.78, 5) is 11.6. The van der Waals surface area contributed by atoms with Gasteiger partial charge in [-0.05, 0) is 31.5 Å². The summed E-state index contributed by atoms with van der Waals surface area (Å²) in [6, 6.07) is 10.5. The highest BCUT2D eigenvalue weighted by atomic mass is 16.5. The van der Waals surface area contributed by atoms with E-state index in [1.807, 2.05) is 12.4 Å². The van der Waals surface area contributed by atoms with Gasteiger partial charge in [0.1, 0.15) is 0 Å². The summed E-state index contributed by atoms with van der Waals surface area (Å²) in [5.74, 6) is 0. The van der Waals surface area contributed by atoms with Crippen LogP contribution < -0.4 is 0 Å². The van der Waals surface area contributed by atoms with Gasteiger partial charge in [-0.15, -0.1) is 0 Å². The summed E-state index contributed by atoms with van der Waals surface area (Å²) in [6.45, 7) is 6.46. The molecule has 0 N–H and O–H groups in total. The van der Waals surface area contributed by atoms with Crippen molar-refractivity contribution in [3.05, 3.63) is 41.6 Å². The van der Waals surface area contributed by atoms with Crippen LogP contribution in [-0.4, -0.2) is 35.5 Å². The number of methoxy groups -OCH3 is 1. The average Bonchev–Trinajstić information content (AvgIpc) is 2.84. The van der Waals surface area contributed by atoms with Gasteiger partial charge in [-0.3, -0.25) is 9.98 Å². The summed E-state index contributed by atoms with van der Waals surface area (Å²) in [6.07, 6.45) is 1.94. The van der Waals surface area contributed by atoms with E-state index in [4.69, 9.17) is 9.72 Å². The molecule has 0 amide bonds. The van der Waals surface area contributed by atoms with Crippen molar-refractivity contribution in [2.24, 2.45) is 4.99 Å². The third-order valence-corrected chi connectivity index (χ3v) is 3.69. The Hall–Kier alpha value is -1.94. The van der Waals surface area contributed by atoms with Crippen molar-refractivity contribution in [2.45, 2.75) is 32.5 Å². The fraction of sp³-hybridized carbons (Fsp3) is 0.412. The molecule has 1 aromatic heterocycles. The summed E-state index contributed by atoms with van der Waals surface area (Å²) >= 11 is 0. The molecule has 1 aliphatic heterocycles. The lowest BCUT2D eigenvalue weighted by atomic mass is 10.1. The van der Waals surface area contributed by atoms with E-state index in [0.29, 0.717) is 6.61 Å². The Balaban J connectivity index is 1.78. The molecule has 0 aliphatic carbocycles. The van der Waals surface area contributed by atoms with Gasteiger partial charge in [0.15, 0.2) is 0 Å². The molecule has 2 aromatic rings. The fourth-order valence-corrected chi connectivity index (χ4v) is 2.65. The molecule has 4 nitrogen and oxygen atoms in total. The second-order valence-corrected chi connectivity index (χ2v) is 6.18. The van der Waals surface area contributed by atoms with Crippen molar-refractivity contribution in [1.82, 2.24) is 9.88 Å². The highest BCUT2D eigenvalue weighted by molar-refractivity contribution is 5.79. The largest absolute Gasteiger partial charge is 0.382 e. The van der Waals surface area contributed by atoms with Crippen LogP contribution in [0.15, 0.2) is 35.3 Å². The number of nitrogens with zero attached hydrogens (tertiary/aromatic N) is 3. The Labute approximate surface area is 125 Å². The Kier molecular flexibility index (Phi) is 3.64. The van der Waals surface area contributed by atoms with Gasteiger partial charge < -0.3 is 9.64 Å². The highest BCUT2D eigenvalue weighted by Gasteiger charge is 2.20. The van der Waals surface area contributed by atoms with E-state index < -0.39 is 0 Å². The summed E-state index contributed by atoms with van der Waals surface area (Å²) < 4.78 is 5.19. The minimum absolute atomic E-state index is 0.193. The van der Waals surface area contributed by atoms with Crippen molar-refractivity contribution < 1.29 is 4.74 Å². The Bertz CT molecular complexity index is 634. The van der Waals surface area contributed by atoms with Crippen LogP contribution in [-0.2, 0) is 17.8 Å². The summed E-state index contributed by atoms with van der Waals surface area (Å²) in [7, 11) is 1.71. The molecule has 0 atom stereocenters. The molecule has 3 rings (SSSR count). The second kappa shape index (κ2) is 5.45. The first kappa shape index (κ1) is 14.0. The van der Waals surface area contributed by atoms with Crippen molar-refractivity contribution in [1.29, 1.82) is 0 Å². The van der Waals surface area contributed by atoms with Gasteiger partial charge in [0.25, 0.3) is 0 Å². The molecule has 0 spiro atoms. The first-order valence-corrected chi connectivity index (χ1v) is 7.23. The molecule has 110 valence electrons. The molecule has 0 fully saturated rings. The second-order valence-electron chi connectivity index (χ2n) is 6.18. The van der Waals surface area contributed by atoms with E-state index in [2.05, 4.69) is 48.0 Å². The molecule has 0 saturated carbocycles. The van der Waals surface area contributed by atoms with E-state index in [0.717, 1.165) is 24.3 Å². The van der Waals surface area contributed by atoms with Crippen molar-refractivity contribution in [2.75, 3.05) is 13.7 Å². The number of rotatable bonds is 4. The quantitative estimate of drug-likeness (QED) is 0.639. The zero-order chi connectivity index (χ0) is 14.9. The fourth-order valence-electron chi connectivity index (χ4n) is 2.65. The van der Waals surface area contributed by atoms with Crippen LogP contribution >= 0.6 is 0 Å². The molecule has 1 aliphatic rings. The summed E-state index contributed by atoms with van der Waals surface area (Å²) in [5, 5.41) is 1.20. The van der Waals surface area contributed by atoms with Gasteiger partial charge in [0.2, 0.25) is 0 Å². The molecule has 1 aromatic carbocycles. The number of pyridine rings is 1. The van der Waals surface area contributed by atoms with E-state index in [1.165, 1.54) is 10.9 Å². The number of ether oxygens (including phenoxy) is 1. The molecule has 0 bridgehead atoms. The number of hydrogen-bond donors (Lipinski definition) is 0. The van der Waals surface area contributed by atoms with Crippen LogP contribution in [0, 0.1) is 0 Å². The minimum atomic E-state index is -0.193. The normalized spacial score (nSPS) is 15.1. The minimum Gasteiger partial charge on any atom is -0.382 e. The maximum absolute atomic E-state index is 5.19. The van der Waals surface area contributed by atoms with Crippen LogP contribution in [0.1, 0.15) is 25.1 Å². The van der Waals surface area contributed by atoms with Gasteiger partial charge in [-0.2, -0.15) is 0 Å². The number of fused-ring (bicyclic) bond motifs is 2. The molecule has 4 heteroatoms. The van der Waals surface area contributed by atoms with Crippen molar-refractivity contribution >= 4 is 17.2 Å². The van der Waals surface area contributed by atoms with Crippen LogP contribution in [0.3, 0.4) is 0 Å². The van der Waals surface area contributed by atoms with Crippen LogP contribution in [0.25, 0.3) is 10.9 Å². The maximum Gasteiger partial charge on any atom is 0.0864 e. The third kappa shape index (κ3) is 3.05. The third-order valence-electron chi connectivity index (χ3n) is 3.69. The number of para-hydroxylation sites is 1. The standard InChI is InChI=1S/C17H21N3O/c1-17(2,11-21-3)18-12-20-9-14-8-13-6-4-5-7-15(13)19-16(14)10-20/h4-8,12H,9-11H2,1-3H3. The van der Waals surface area contributed by atoms with E-state index >= 15 is 0 Å².